The Hall–Kier alpha value is -1.72. The molecule has 2 aliphatic heterocycles. The van der Waals surface area contributed by atoms with Crippen LogP contribution in [0.4, 0.5) is 0 Å². The molecule has 2 saturated heterocycles. The molecule has 108 valence electrons. The minimum Gasteiger partial charge on any atom is -0.347 e. The van der Waals surface area contributed by atoms with Crippen LogP contribution in [0.3, 0.4) is 0 Å². The Morgan fingerprint density at radius 1 is 1.33 bits per heavy atom. The van der Waals surface area contributed by atoms with Crippen LogP contribution in [-0.2, 0) is 0 Å². The van der Waals surface area contributed by atoms with Crippen LogP contribution < -0.4 is 5.32 Å². The molecule has 2 fully saturated rings. The van der Waals surface area contributed by atoms with Crippen molar-refractivity contribution in [2.24, 2.45) is 5.92 Å². The molecule has 0 saturated carbocycles. The summed E-state index contributed by atoms with van der Waals surface area (Å²) in [4.78, 5) is 20.8. The summed E-state index contributed by atoms with van der Waals surface area (Å²) in [6, 6.07) is 8.18. The maximum absolute atomic E-state index is 12.4. The Labute approximate surface area is 127 Å². The first kappa shape index (κ1) is 13.0. The van der Waals surface area contributed by atoms with Crippen molar-refractivity contribution in [2.75, 3.05) is 19.6 Å². The molecule has 0 radical (unpaired) electrons. The van der Waals surface area contributed by atoms with Gasteiger partial charge in [-0.05, 0) is 37.1 Å². The van der Waals surface area contributed by atoms with Crippen LogP contribution in [0.2, 0.25) is 0 Å². The Balaban J connectivity index is 1.47. The first-order valence-corrected chi connectivity index (χ1v) is 8.15. The molecular weight excluding hydrogens is 282 g/mol. The molecule has 4 heterocycles. The molecule has 3 atom stereocenters. The van der Waals surface area contributed by atoms with E-state index in [0.717, 1.165) is 28.4 Å². The van der Waals surface area contributed by atoms with Crippen LogP contribution in [0, 0.1) is 5.92 Å². The van der Waals surface area contributed by atoms with E-state index in [2.05, 4.69) is 15.2 Å². The summed E-state index contributed by atoms with van der Waals surface area (Å²) in [7, 11) is 0. The second-order valence-electron chi connectivity index (χ2n) is 5.79. The number of hydrogen-bond acceptors (Lipinski definition) is 4. The number of carbonyl (C=O) groups excluding carboxylic acids is 1. The summed E-state index contributed by atoms with van der Waals surface area (Å²) < 4.78 is 0. The number of piperidine rings is 1. The first-order chi connectivity index (χ1) is 10.3. The van der Waals surface area contributed by atoms with Gasteiger partial charge in [0.1, 0.15) is 0 Å². The van der Waals surface area contributed by atoms with E-state index in [-0.39, 0.29) is 5.91 Å². The SMILES string of the molecule is O=C(N[C@H]1CN2CC[C@H]1C2)c1ccc(-c2cccnc2)s1. The van der Waals surface area contributed by atoms with Gasteiger partial charge in [-0.1, -0.05) is 6.07 Å². The number of nitrogens with one attached hydrogen (secondary N) is 1. The lowest BCUT2D eigenvalue weighted by Gasteiger charge is -2.22. The summed E-state index contributed by atoms with van der Waals surface area (Å²) in [5.74, 6) is 0.709. The minimum absolute atomic E-state index is 0.0638. The highest BCUT2D eigenvalue weighted by atomic mass is 32.1. The summed E-state index contributed by atoms with van der Waals surface area (Å²) >= 11 is 1.53. The van der Waals surface area contributed by atoms with Crippen LogP contribution >= 0.6 is 11.3 Å². The Kier molecular flexibility index (Phi) is 3.24. The highest BCUT2D eigenvalue weighted by molar-refractivity contribution is 7.17. The second kappa shape index (κ2) is 5.24. The van der Waals surface area contributed by atoms with Crippen LogP contribution in [0.5, 0.6) is 0 Å². The number of amides is 1. The van der Waals surface area contributed by atoms with E-state index < -0.39 is 0 Å². The molecule has 2 bridgehead atoms. The van der Waals surface area contributed by atoms with Crippen molar-refractivity contribution < 1.29 is 4.79 Å². The quantitative estimate of drug-likeness (QED) is 0.945. The predicted octanol–water partition coefficient (Wildman–Crippen LogP) is 2.24. The number of hydrogen-bond donors (Lipinski definition) is 1. The molecule has 0 aromatic carbocycles. The molecular formula is C16H17N3OS. The summed E-state index contributed by atoms with van der Waals surface area (Å²) in [5.41, 5.74) is 1.06. The maximum atomic E-state index is 12.4. The minimum atomic E-state index is 0.0638. The zero-order valence-electron chi connectivity index (χ0n) is 11.7. The average molecular weight is 299 g/mol. The molecule has 2 aromatic heterocycles. The Morgan fingerprint density at radius 3 is 3.00 bits per heavy atom. The van der Waals surface area contributed by atoms with Gasteiger partial charge in [0.25, 0.3) is 5.91 Å². The van der Waals surface area contributed by atoms with Crippen molar-refractivity contribution in [3.63, 3.8) is 0 Å². The topological polar surface area (TPSA) is 45.2 Å². The first-order valence-electron chi connectivity index (χ1n) is 7.33. The molecule has 4 nitrogen and oxygen atoms in total. The fourth-order valence-electron chi connectivity index (χ4n) is 3.31. The third kappa shape index (κ3) is 2.47. The van der Waals surface area contributed by atoms with Gasteiger partial charge in [-0.3, -0.25) is 9.78 Å². The molecule has 0 aliphatic carbocycles. The van der Waals surface area contributed by atoms with Crippen LogP contribution in [0.1, 0.15) is 16.1 Å². The molecule has 0 spiro atoms. The van der Waals surface area contributed by atoms with E-state index in [4.69, 9.17) is 0 Å². The lowest BCUT2D eigenvalue weighted by molar-refractivity contribution is 0.0928. The molecule has 1 amide bonds. The van der Waals surface area contributed by atoms with Gasteiger partial charge in [0.15, 0.2) is 0 Å². The lowest BCUT2D eigenvalue weighted by Crippen LogP contribution is -2.42. The van der Waals surface area contributed by atoms with E-state index in [1.807, 2.05) is 30.5 Å². The van der Waals surface area contributed by atoms with Gasteiger partial charge in [0.05, 0.1) is 4.88 Å². The Bertz CT molecular complexity index is 655. The van der Waals surface area contributed by atoms with Gasteiger partial charge in [0.2, 0.25) is 0 Å². The lowest BCUT2D eigenvalue weighted by atomic mass is 10.00. The smallest absolute Gasteiger partial charge is 0.261 e. The number of carbonyl (C=O) groups is 1. The van der Waals surface area contributed by atoms with Crippen molar-refractivity contribution in [3.05, 3.63) is 41.5 Å². The van der Waals surface area contributed by atoms with E-state index in [1.54, 1.807) is 6.20 Å². The van der Waals surface area contributed by atoms with Crippen LogP contribution in [-0.4, -0.2) is 41.5 Å². The number of rotatable bonds is 3. The monoisotopic (exact) mass is 299 g/mol. The summed E-state index contributed by atoms with van der Waals surface area (Å²) in [5, 5.41) is 3.21. The highest BCUT2D eigenvalue weighted by Gasteiger charge is 2.38. The molecule has 1 N–H and O–H groups in total. The fraction of sp³-hybridized carbons (Fsp3) is 0.375. The van der Waals surface area contributed by atoms with E-state index >= 15 is 0 Å². The van der Waals surface area contributed by atoms with Gasteiger partial charge in [0, 0.05) is 42.0 Å². The summed E-state index contributed by atoms with van der Waals surface area (Å²) in [6.45, 7) is 3.36. The van der Waals surface area contributed by atoms with E-state index in [0.29, 0.717) is 12.0 Å². The highest BCUT2D eigenvalue weighted by Crippen LogP contribution is 2.30. The molecule has 2 aromatic rings. The van der Waals surface area contributed by atoms with Gasteiger partial charge < -0.3 is 10.2 Å². The second-order valence-corrected chi connectivity index (χ2v) is 6.88. The third-order valence-electron chi connectivity index (χ3n) is 4.43. The van der Waals surface area contributed by atoms with Crippen LogP contribution in [0.25, 0.3) is 10.4 Å². The van der Waals surface area contributed by atoms with Gasteiger partial charge in [-0.2, -0.15) is 0 Å². The number of aromatic nitrogens is 1. The third-order valence-corrected chi connectivity index (χ3v) is 5.56. The molecule has 4 rings (SSSR count). The largest absolute Gasteiger partial charge is 0.347 e. The van der Waals surface area contributed by atoms with Gasteiger partial charge in [-0.15, -0.1) is 11.3 Å². The van der Waals surface area contributed by atoms with Crippen molar-refractivity contribution >= 4 is 17.2 Å². The van der Waals surface area contributed by atoms with E-state index in [1.165, 1.54) is 24.3 Å². The van der Waals surface area contributed by atoms with Crippen LogP contribution in [0.15, 0.2) is 36.7 Å². The Morgan fingerprint density at radius 2 is 2.29 bits per heavy atom. The fourth-order valence-corrected chi connectivity index (χ4v) is 4.21. The maximum Gasteiger partial charge on any atom is 0.261 e. The molecule has 5 heteroatoms. The normalized spacial score (nSPS) is 27.0. The zero-order valence-corrected chi connectivity index (χ0v) is 12.5. The number of pyridine rings is 1. The van der Waals surface area contributed by atoms with Gasteiger partial charge >= 0.3 is 0 Å². The number of fused-ring (bicyclic) bond motifs is 2. The number of thiophene rings is 1. The van der Waals surface area contributed by atoms with Crippen molar-refractivity contribution in [1.82, 2.24) is 15.2 Å². The zero-order chi connectivity index (χ0) is 14.2. The molecule has 21 heavy (non-hydrogen) atoms. The summed E-state index contributed by atoms with van der Waals surface area (Å²) in [6.07, 6.45) is 4.81. The molecule has 1 unspecified atom stereocenters. The van der Waals surface area contributed by atoms with Crippen molar-refractivity contribution in [1.29, 1.82) is 0 Å². The standard InChI is InChI=1S/C16H17N3OS/c20-16(18-13-10-19-7-5-12(13)9-19)15-4-3-14(21-15)11-2-1-6-17-8-11/h1-4,6,8,12-13H,5,7,9-10H2,(H,18,20)/t12-,13-/m0/s1. The van der Waals surface area contributed by atoms with Crippen molar-refractivity contribution in [3.8, 4) is 10.4 Å². The molecule has 2 aliphatic rings. The van der Waals surface area contributed by atoms with Gasteiger partial charge in [-0.25, -0.2) is 0 Å². The van der Waals surface area contributed by atoms with Crippen molar-refractivity contribution in [2.45, 2.75) is 12.5 Å². The predicted molar refractivity (Wildman–Crippen MR) is 83.4 cm³/mol. The average Bonchev–Trinajstić information content (AvgIpc) is 3.24. The number of nitrogens with zero attached hydrogens (tertiary/aromatic N) is 2. The van der Waals surface area contributed by atoms with E-state index in [9.17, 15) is 4.79 Å².